The molecule has 23 heavy (non-hydrogen) atoms. The van der Waals surface area contributed by atoms with E-state index in [1.807, 2.05) is 6.92 Å². The van der Waals surface area contributed by atoms with E-state index < -0.39 is 20.5 Å². The summed E-state index contributed by atoms with van der Waals surface area (Å²) >= 11 is 6.10. The van der Waals surface area contributed by atoms with Gasteiger partial charge in [0, 0.05) is 11.9 Å². The Morgan fingerprint density at radius 3 is 2.57 bits per heavy atom. The summed E-state index contributed by atoms with van der Waals surface area (Å²) in [5.41, 5.74) is 0.449. The highest BCUT2D eigenvalue weighted by Gasteiger charge is 2.48. The van der Waals surface area contributed by atoms with E-state index in [9.17, 15) is 13.2 Å². The third kappa shape index (κ3) is 3.79. The first-order valence-corrected chi connectivity index (χ1v) is 9.71. The summed E-state index contributed by atoms with van der Waals surface area (Å²) in [6.45, 7) is 3.31. The maximum atomic E-state index is 12.7. The first-order chi connectivity index (χ1) is 10.8. The fourth-order valence-electron chi connectivity index (χ4n) is 2.69. The van der Waals surface area contributed by atoms with Crippen molar-refractivity contribution in [3.63, 3.8) is 0 Å². The molecular formula is C15H21ClN2O4S. The van der Waals surface area contributed by atoms with Crippen LogP contribution in [0.25, 0.3) is 0 Å². The molecule has 1 aliphatic heterocycles. The molecule has 1 heterocycles. The molecule has 0 unspecified atom stereocenters. The van der Waals surface area contributed by atoms with Crippen molar-refractivity contribution in [3.05, 3.63) is 23.2 Å². The number of carbonyl (C=O) groups excluding carboxylic acids is 1. The molecule has 6 nitrogen and oxygen atoms in total. The number of anilines is 1. The minimum atomic E-state index is -3.54. The zero-order valence-electron chi connectivity index (χ0n) is 13.2. The second-order valence-corrected chi connectivity index (χ2v) is 8.28. The minimum absolute atomic E-state index is 0.252. The molecule has 0 atom stereocenters. The minimum Gasteiger partial charge on any atom is -0.492 e. The van der Waals surface area contributed by atoms with Crippen LogP contribution in [-0.4, -0.2) is 45.0 Å². The van der Waals surface area contributed by atoms with Crippen LogP contribution in [0.4, 0.5) is 5.69 Å². The third-order valence-corrected chi connectivity index (χ3v) is 6.33. The summed E-state index contributed by atoms with van der Waals surface area (Å²) in [4.78, 5) is 12.7. The van der Waals surface area contributed by atoms with Crippen LogP contribution in [0.3, 0.4) is 0 Å². The molecule has 0 spiro atoms. The lowest BCUT2D eigenvalue weighted by molar-refractivity contribution is -0.119. The Morgan fingerprint density at radius 2 is 2.04 bits per heavy atom. The van der Waals surface area contributed by atoms with E-state index in [0.29, 0.717) is 36.2 Å². The summed E-state index contributed by atoms with van der Waals surface area (Å²) in [6, 6.07) is 4.85. The maximum absolute atomic E-state index is 12.7. The number of rotatable bonds is 5. The SMILES string of the molecule is CCOc1ccc(NC(=O)C2(S(C)(=O)=O)CCNCC2)cc1Cl. The molecule has 2 rings (SSSR count). The highest BCUT2D eigenvalue weighted by atomic mass is 35.5. The van der Waals surface area contributed by atoms with Crippen molar-refractivity contribution in [2.75, 3.05) is 31.3 Å². The van der Waals surface area contributed by atoms with E-state index in [0.717, 1.165) is 6.26 Å². The second-order valence-electron chi connectivity index (χ2n) is 5.55. The average molecular weight is 361 g/mol. The van der Waals surface area contributed by atoms with Gasteiger partial charge in [-0.25, -0.2) is 8.42 Å². The molecule has 1 aliphatic rings. The van der Waals surface area contributed by atoms with Crippen molar-refractivity contribution in [1.29, 1.82) is 0 Å². The van der Waals surface area contributed by atoms with Gasteiger partial charge in [0.2, 0.25) is 5.91 Å². The molecule has 0 radical (unpaired) electrons. The number of nitrogens with one attached hydrogen (secondary N) is 2. The van der Waals surface area contributed by atoms with E-state index in [1.54, 1.807) is 18.2 Å². The zero-order valence-corrected chi connectivity index (χ0v) is 14.8. The molecule has 1 aromatic carbocycles. The first kappa shape index (κ1) is 18.0. The van der Waals surface area contributed by atoms with Crippen LogP contribution in [0.2, 0.25) is 5.02 Å². The summed E-state index contributed by atoms with van der Waals surface area (Å²) < 4.78 is 28.4. The van der Waals surface area contributed by atoms with Gasteiger partial charge in [-0.2, -0.15) is 0 Å². The van der Waals surface area contributed by atoms with Crippen molar-refractivity contribution in [2.45, 2.75) is 24.5 Å². The summed E-state index contributed by atoms with van der Waals surface area (Å²) in [5.74, 6) is 0.00795. The van der Waals surface area contributed by atoms with Gasteiger partial charge < -0.3 is 15.4 Å². The molecule has 1 aromatic rings. The van der Waals surface area contributed by atoms with Gasteiger partial charge in [-0.3, -0.25) is 4.79 Å². The van der Waals surface area contributed by atoms with Crippen molar-refractivity contribution in [1.82, 2.24) is 5.32 Å². The molecule has 0 aromatic heterocycles. The van der Waals surface area contributed by atoms with Crippen molar-refractivity contribution in [3.8, 4) is 5.75 Å². The van der Waals surface area contributed by atoms with Crippen molar-refractivity contribution < 1.29 is 17.9 Å². The molecular weight excluding hydrogens is 340 g/mol. The Kier molecular flexibility index (Phi) is 5.54. The molecule has 8 heteroatoms. The van der Waals surface area contributed by atoms with Crippen LogP contribution in [0.5, 0.6) is 5.75 Å². The molecule has 0 bridgehead atoms. The number of hydrogen-bond acceptors (Lipinski definition) is 5. The number of halogens is 1. The first-order valence-electron chi connectivity index (χ1n) is 7.44. The Labute approximate surface area is 141 Å². The van der Waals surface area contributed by atoms with E-state index in [4.69, 9.17) is 16.3 Å². The highest BCUT2D eigenvalue weighted by Crippen LogP contribution is 2.31. The maximum Gasteiger partial charge on any atom is 0.245 e. The van der Waals surface area contributed by atoms with E-state index in [1.165, 1.54) is 0 Å². The molecule has 2 N–H and O–H groups in total. The van der Waals surface area contributed by atoms with E-state index in [2.05, 4.69) is 10.6 Å². The second kappa shape index (κ2) is 7.07. The smallest absolute Gasteiger partial charge is 0.245 e. The number of benzene rings is 1. The van der Waals surface area contributed by atoms with E-state index >= 15 is 0 Å². The highest BCUT2D eigenvalue weighted by molar-refractivity contribution is 7.92. The van der Waals surface area contributed by atoms with Crippen molar-refractivity contribution in [2.24, 2.45) is 0 Å². The standard InChI is InChI=1S/C15H21ClN2O4S/c1-3-22-13-5-4-11(10-12(13)16)18-14(19)15(23(2,20)21)6-8-17-9-7-15/h4-5,10,17H,3,6-9H2,1-2H3,(H,18,19). The topological polar surface area (TPSA) is 84.5 Å². The lowest BCUT2D eigenvalue weighted by Gasteiger charge is -2.34. The van der Waals surface area contributed by atoms with Gasteiger partial charge in [-0.1, -0.05) is 11.6 Å². The van der Waals surface area contributed by atoms with Crippen LogP contribution in [0.1, 0.15) is 19.8 Å². The lowest BCUT2D eigenvalue weighted by atomic mass is 9.95. The van der Waals surface area contributed by atoms with Crippen molar-refractivity contribution >= 4 is 33.0 Å². The molecule has 1 fully saturated rings. The zero-order chi connectivity index (χ0) is 17.1. The van der Waals surface area contributed by atoms with Crippen LogP contribution in [-0.2, 0) is 14.6 Å². The quantitative estimate of drug-likeness (QED) is 0.837. The normalized spacial score (nSPS) is 17.5. The van der Waals surface area contributed by atoms with Gasteiger partial charge in [0.25, 0.3) is 0 Å². The van der Waals surface area contributed by atoms with Gasteiger partial charge in [-0.05, 0) is 51.1 Å². The van der Waals surface area contributed by atoms with E-state index in [-0.39, 0.29) is 12.8 Å². The summed E-state index contributed by atoms with van der Waals surface area (Å²) in [5, 5.41) is 6.13. The van der Waals surface area contributed by atoms with Gasteiger partial charge >= 0.3 is 0 Å². The predicted octanol–water partition coefficient (Wildman–Crippen LogP) is 1.84. The lowest BCUT2D eigenvalue weighted by Crippen LogP contribution is -2.55. The van der Waals surface area contributed by atoms with Crippen LogP contribution in [0.15, 0.2) is 18.2 Å². The monoisotopic (exact) mass is 360 g/mol. The molecule has 1 amide bonds. The Hall–Kier alpha value is -1.31. The Morgan fingerprint density at radius 1 is 1.39 bits per heavy atom. The average Bonchev–Trinajstić information content (AvgIpc) is 2.49. The number of carbonyl (C=O) groups is 1. The van der Waals surface area contributed by atoms with Crippen LogP contribution in [0, 0.1) is 0 Å². The number of ether oxygens (including phenoxy) is 1. The summed E-state index contributed by atoms with van der Waals surface area (Å²) in [6.07, 6.45) is 1.62. The third-order valence-electron chi connectivity index (χ3n) is 4.02. The Bertz CT molecular complexity index is 685. The number of amides is 1. The summed E-state index contributed by atoms with van der Waals surface area (Å²) in [7, 11) is -3.54. The molecule has 128 valence electrons. The van der Waals surface area contributed by atoms with Gasteiger partial charge in [0.15, 0.2) is 14.6 Å². The molecule has 0 aliphatic carbocycles. The number of hydrogen-bond donors (Lipinski definition) is 2. The van der Waals surface area contributed by atoms with Crippen LogP contribution < -0.4 is 15.4 Å². The van der Waals surface area contributed by atoms with Gasteiger partial charge in [-0.15, -0.1) is 0 Å². The molecule has 0 saturated carbocycles. The number of piperidine rings is 1. The van der Waals surface area contributed by atoms with Gasteiger partial charge in [0.1, 0.15) is 5.75 Å². The van der Waals surface area contributed by atoms with Gasteiger partial charge in [0.05, 0.1) is 11.6 Å². The molecule has 1 saturated heterocycles. The number of sulfone groups is 1. The predicted molar refractivity (Wildman–Crippen MR) is 90.9 cm³/mol. The fourth-order valence-corrected chi connectivity index (χ4v) is 4.26. The van der Waals surface area contributed by atoms with Crippen LogP contribution >= 0.6 is 11.6 Å². The fraction of sp³-hybridized carbons (Fsp3) is 0.533. The largest absolute Gasteiger partial charge is 0.492 e. The Balaban J connectivity index is 2.24.